The molecule has 1 N–H and O–H groups in total. The van der Waals surface area contributed by atoms with Gasteiger partial charge in [-0.15, -0.1) is 0 Å². The van der Waals surface area contributed by atoms with E-state index in [9.17, 15) is 0 Å². The van der Waals surface area contributed by atoms with Crippen molar-refractivity contribution in [1.29, 1.82) is 0 Å². The number of para-hydroxylation sites is 1. The highest BCUT2D eigenvalue weighted by atomic mass is 16.5. The Bertz CT molecular complexity index is 441. The Morgan fingerprint density at radius 2 is 2.00 bits per heavy atom. The third-order valence-corrected chi connectivity index (χ3v) is 4.95. The van der Waals surface area contributed by atoms with Gasteiger partial charge >= 0.3 is 0 Å². The maximum Gasteiger partial charge on any atom is 0.122 e. The second-order valence-corrected chi connectivity index (χ2v) is 6.42. The van der Waals surface area contributed by atoms with Crippen molar-refractivity contribution in [2.24, 2.45) is 5.92 Å². The van der Waals surface area contributed by atoms with Crippen molar-refractivity contribution in [2.75, 3.05) is 39.3 Å². The Balaban J connectivity index is 1.52. The first kappa shape index (κ1) is 14.9. The molecule has 0 spiro atoms. The quantitative estimate of drug-likeness (QED) is 0.901. The Labute approximate surface area is 128 Å². The van der Waals surface area contributed by atoms with Crippen LogP contribution in [0.25, 0.3) is 0 Å². The zero-order chi connectivity index (χ0) is 14.5. The molecule has 2 aliphatic rings. The molecule has 0 saturated carbocycles. The lowest BCUT2D eigenvalue weighted by Crippen LogP contribution is -2.39. The lowest BCUT2D eigenvalue weighted by atomic mass is 9.90. The third-order valence-electron chi connectivity index (χ3n) is 4.95. The average molecular weight is 288 g/mol. The highest BCUT2D eigenvalue weighted by molar-refractivity contribution is 5.37. The number of piperidine rings is 1. The van der Waals surface area contributed by atoms with E-state index in [0.29, 0.717) is 5.92 Å². The minimum absolute atomic E-state index is 0.653. The van der Waals surface area contributed by atoms with Gasteiger partial charge in [-0.1, -0.05) is 25.1 Å². The first-order valence-corrected chi connectivity index (χ1v) is 8.51. The summed E-state index contributed by atoms with van der Waals surface area (Å²) >= 11 is 0. The monoisotopic (exact) mass is 288 g/mol. The molecule has 0 bridgehead atoms. The van der Waals surface area contributed by atoms with Gasteiger partial charge in [0.25, 0.3) is 0 Å². The third kappa shape index (κ3) is 3.78. The van der Waals surface area contributed by atoms with Crippen LogP contribution >= 0.6 is 0 Å². The largest absolute Gasteiger partial charge is 0.493 e. The average Bonchev–Trinajstić information content (AvgIpc) is 2.55. The fraction of sp³-hybridized carbons (Fsp3) is 0.667. The molecule has 0 aliphatic carbocycles. The summed E-state index contributed by atoms with van der Waals surface area (Å²) in [5.41, 5.74) is 1.42. The zero-order valence-electron chi connectivity index (χ0n) is 13.2. The SMILES string of the molecule is CCNCC1CCN(CC2CCOc3ccccc32)CC1. The number of ether oxygens (including phenoxy) is 1. The zero-order valence-corrected chi connectivity index (χ0v) is 13.2. The maximum absolute atomic E-state index is 5.78. The van der Waals surface area contributed by atoms with Crippen LogP contribution in [-0.2, 0) is 0 Å². The van der Waals surface area contributed by atoms with Gasteiger partial charge in [-0.05, 0) is 63.0 Å². The molecule has 1 unspecified atom stereocenters. The van der Waals surface area contributed by atoms with Crippen LogP contribution in [0.15, 0.2) is 24.3 Å². The van der Waals surface area contributed by atoms with Gasteiger partial charge in [-0.25, -0.2) is 0 Å². The standard InChI is InChI=1S/C18H28N2O/c1-2-19-13-15-7-10-20(11-8-15)14-16-9-12-21-18-6-4-3-5-17(16)18/h3-6,15-16,19H,2,7-14H2,1H3. The van der Waals surface area contributed by atoms with Crippen molar-refractivity contribution in [1.82, 2.24) is 10.2 Å². The summed E-state index contributed by atoms with van der Waals surface area (Å²) in [5.74, 6) is 2.64. The molecule has 1 atom stereocenters. The summed E-state index contributed by atoms with van der Waals surface area (Å²) < 4.78 is 5.78. The van der Waals surface area contributed by atoms with Gasteiger partial charge in [0.1, 0.15) is 5.75 Å². The highest BCUT2D eigenvalue weighted by Crippen LogP contribution is 2.34. The van der Waals surface area contributed by atoms with Gasteiger partial charge in [-0.3, -0.25) is 0 Å². The van der Waals surface area contributed by atoms with Crippen molar-refractivity contribution < 1.29 is 4.74 Å². The second kappa shape index (κ2) is 7.28. The molecule has 0 aromatic heterocycles. The van der Waals surface area contributed by atoms with Crippen molar-refractivity contribution in [3.8, 4) is 5.75 Å². The Kier molecular flexibility index (Phi) is 5.15. The number of nitrogens with one attached hydrogen (secondary N) is 1. The van der Waals surface area contributed by atoms with Crippen LogP contribution < -0.4 is 10.1 Å². The lowest BCUT2D eigenvalue weighted by molar-refractivity contribution is 0.158. The molecule has 0 radical (unpaired) electrons. The van der Waals surface area contributed by atoms with E-state index in [1.807, 2.05) is 0 Å². The molecule has 2 heterocycles. The van der Waals surface area contributed by atoms with Crippen LogP contribution in [0.4, 0.5) is 0 Å². The molecule has 3 nitrogen and oxygen atoms in total. The van der Waals surface area contributed by atoms with Crippen LogP contribution in [0.5, 0.6) is 5.75 Å². The molecular formula is C18H28N2O. The summed E-state index contributed by atoms with van der Waals surface area (Å²) in [6, 6.07) is 8.58. The summed E-state index contributed by atoms with van der Waals surface area (Å²) in [4.78, 5) is 2.66. The van der Waals surface area contributed by atoms with Crippen LogP contribution in [0.1, 0.15) is 37.7 Å². The Morgan fingerprint density at radius 3 is 2.81 bits per heavy atom. The predicted octanol–water partition coefficient (Wildman–Crippen LogP) is 2.87. The summed E-state index contributed by atoms with van der Waals surface area (Å²) in [6.07, 6.45) is 3.85. The Hall–Kier alpha value is -1.06. The van der Waals surface area contributed by atoms with Crippen molar-refractivity contribution in [3.05, 3.63) is 29.8 Å². The molecule has 21 heavy (non-hydrogen) atoms. The summed E-state index contributed by atoms with van der Waals surface area (Å²) in [7, 11) is 0. The van der Waals surface area contributed by atoms with E-state index in [0.717, 1.165) is 31.2 Å². The molecule has 116 valence electrons. The van der Waals surface area contributed by atoms with E-state index in [1.165, 1.54) is 44.6 Å². The van der Waals surface area contributed by atoms with E-state index in [1.54, 1.807) is 0 Å². The van der Waals surface area contributed by atoms with Crippen LogP contribution in [-0.4, -0.2) is 44.2 Å². The molecule has 3 heteroatoms. The van der Waals surface area contributed by atoms with Crippen molar-refractivity contribution in [2.45, 2.75) is 32.1 Å². The molecule has 3 rings (SSSR count). The van der Waals surface area contributed by atoms with E-state index in [-0.39, 0.29) is 0 Å². The molecule has 1 saturated heterocycles. The number of hydrogen-bond donors (Lipinski definition) is 1. The van der Waals surface area contributed by atoms with Crippen LogP contribution in [0, 0.1) is 5.92 Å². The Morgan fingerprint density at radius 1 is 1.19 bits per heavy atom. The summed E-state index contributed by atoms with van der Waals surface area (Å²) in [5, 5.41) is 3.49. The molecule has 0 amide bonds. The van der Waals surface area contributed by atoms with Gasteiger partial charge in [0.2, 0.25) is 0 Å². The van der Waals surface area contributed by atoms with Crippen molar-refractivity contribution in [3.63, 3.8) is 0 Å². The fourth-order valence-corrected chi connectivity index (χ4v) is 3.64. The number of hydrogen-bond acceptors (Lipinski definition) is 3. The first-order chi connectivity index (χ1) is 10.4. The van der Waals surface area contributed by atoms with Gasteiger partial charge in [-0.2, -0.15) is 0 Å². The van der Waals surface area contributed by atoms with Crippen LogP contribution in [0.3, 0.4) is 0 Å². The molecule has 1 aromatic rings. The van der Waals surface area contributed by atoms with Gasteiger partial charge in [0.15, 0.2) is 0 Å². The van der Waals surface area contributed by atoms with E-state index in [2.05, 4.69) is 41.4 Å². The normalized spacial score (nSPS) is 23.6. The van der Waals surface area contributed by atoms with Crippen molar-refractivity contribution >= 4 is 0 Å². The van der Waals surface area contributed by atoms with E-state index < -0.39 is 0 Å². The maximum atomic E-state index is 5.78. The van der Waals surface area contributed by atoms with Gasteiger partial charge < -0.3 is 15.0 Å². The second-order valence-electron chi connectivity index (χ2n) is 6.42. The molecule has 2 aliphatic heterocycles. The van der Waals surface area contributed by atoms with Crippen LogP contribution in [0.2, 0.25) is 0 Å². The number of benzene rings is 1. The minimum Gasteiger partial charge on any atom is -0.493 e. The first-order valence-electron chi connectivity index (χ1n) is 8.51. The number of nitrogens with zero attached hydrogens (tertiary/aromatic N) is 1. The molecular weight excluding hydrogens is 260 g/mol. The summed E-state index contributed by atoms with van der Waals surface area (Å²) in [6.45, 7) is 9.08. The molecule has 1 aromatic carbocycles. The minimum atomic E-state index is 0.653. The number of rotatable bonds is 5. The molecule has 1 fully saturated rings. The number of fused-ring (bicyclic) bond motifs is 1. The smallest absolute Gasteiger partial charge is 0.122 e. The van der Waals surface area contributed by atoms with Gasteiger partial charge in [0, 0.05) is 12.5 Å². The van der Waals surface area contributed by atoms with Gasteiger partial charge in [0.05, 0.1) is 6.61 Å². The lowest BCUT2D eigenvalue weighted by Gasteiger charge is -2.36. The van der Waals surface area contributed by atoms with E-state index >= 15 is 0 Å². The highest BCUT2D eigenvalue weighted by Gasteiger charge is 2.25. The van der Waals surface area contributed by atoms with E-state index in [4.69, 9.17) is 4.74 Å². The fourth-order valence-electron chi connectivity index (χ4n) is 3.64. The number of likely N-dealkylation sites (tertiary alicyclic amines) is 1. The topological polar surface area (TPSA) is 24.5 Å². The predicted molar refractivity (Wildman–Crippen MR) is 87.0 cm³/mol.